The first kappa shape index (κ1) is 13.3. The molecule has 2 aromatic rings. The third-order valence-electron chi connectivity index (χ3n) is 2.53. The number of phenolic OH excluding ortho intramolecular Hbond substituents is 1. The molecule has 4 N–H and O–H groups in total. The van der Waals surface area contributed by atoms with Crippen molar-refractivity contribution >= 4 is 17.6 Å². The van der Waals surface area contributed by atoms with E-state index in [2.05, 4.69) is 10.3 Å². The number of hydrogen-bond acceptors (Lipinski definition) is 4. The molecule has 7 nitrogen and oxygen atoms in total. The van der Waals surface area contributed by atoms with E-state index in [1.165, 1.54) is 30.5 Å². The fourth-order valence-electron chi connectivity index (χ4n) is 1.56. The molecule has 0 aliphatic heterocycles. The number of benzene rings is 1. The van der Waals surface area contributed by atoms with Crippen LogP contribution in [0.2, 0.25) is 0 Å². The van der Waals surface area contributed by atoms with Crippen molar-refractivity contribution in [2.24, 2.45) is 0 Å². The van der Waals surface area contributed by atoms with Crippen LogP contribution >= 0.6 is 0 Å². The van der Waals surface area contributed by atoms with Crippen LogP contribution in [0.4, 0.5) is 5.69 Å². The summed E-state index contributed by atoms with van der Waals surface area (Å²) in [4.78, 5) is 36.2. The summed E-state index contributed by atoms with van der Waals surface area (Å²) in [6.45, 7) is 0. The molecule has 1 amide bonds. The number of H-pyrrole nitrogens is 1. The number of pyridine rings is 1. The molecule has 0 saturated carbocycles. The van der Waals surface area contributed by atoms with Crippen LogP contribution in [0.25, 0.3) is 0 Å². The van der Waals surface area contributed by atoms with E-state index in [-0.39, 0.29) is 28.1 Å². The maximum absolute atomic E-state index is 11.9. The fraction of sp³-hybridized carbons (Fsp3) is 0. The zero-order valence-electron chi connectivity index (χ0n) is 10.1. The van der Waals surface area contributed by atoms with Crippen molar-refractivity contribution in [1.29, 1.82) is 0 Å². The second kappa shape index (κ2) is 5.27. The lowest BCUT2D eigenvalue weighted by Crippen LogP contribution is -2.16. The SMILES string of the molecule is O=C(Nc1ccc(O)cc1C(=O)O)c1ccc(=O)[nH]c1. The Morgan fingerprint density at radius 1 is 1.15 bits per heavy atom. The van der Waals surface area contributed by atoms with Crippen LogP contribution in [0.5, 0.6) is 5.75 Å². The molecule has 2 rings (SSSR count). The van der Waals surface area contributed by atoms with Crippen molar-refractivity contribution in [3.05, 3.63) is 58.0 Å². The third-order valence-corrected chi connectivity index (χ3v) is 2.53. The highest BCUT2D eigenvalue weighted by atomic mass is 16.4. The summed E-state index contributed by atoms with van der Waals surface area (Å²) in [5, 5.41) is 20.7. The number of phenols is 1. The molecule has 102 valence electrons. The minimum absolute atomic E-state index is 0.0477. The number of aromatic carboxylic acids is 1. The van der Waals surface area contributed by atoms with Crippen LogP contribution in [-0.2, 0) is 0 Å². The normalized spacial score (nSPS) is 10.0. The molecule has 1 heterocycles. The van der Waals surface area contributed by atoms with E-state index in [9.17, 15) is 19.5 Å². The summed E-state index contributed by atoms with van der Waals surface area (Å²) in [5.41, 5.74) is -0.360. The van der Waals surface area contributed by atoms with Gasteiger partial charge in [-0.1, -0.05) is 0 Å². The molecule has 0 spiro atoms. The Bertz CT molecular complexity index is 715. The van der Waals surface area contributed by atoms with Gasteiger partial charge in [-0.05, 0) is 24.3 Å². The Kier molecular flexibility index (Phi) is 3.52. The Morgan fingerprint density at radius 3 is 2.50 bits per heavy atom. The number of hydrogen-bond donors (Lipinski definition) is 4. The van der Waals surface area contributed by atoms with Crippen molar-refractivity contribution < 1.29 is 19.8 Å². The lowest BCUT2D eigenvalue weighted by Gasteiger charge is -2.08. The second-order valence-corrected chi connectivity index (χ2v) is 3.93. The van der Waals surface area contributed by atoms with Gasteiger partial charge in [-0.2, -0.15) is 0 Å². The quantitative estimate of drug-likeness (QED) is 0.623. The number of aromatic hydroxyl groups is 1. The smallest absolute Gasteiger partial charge is 0.337 e. The lowest BCUT2D eigenvalue weighted by atomic mass is 10.1. The van der Waals surface area contributed by atoms with Crippen molar-refractivity contribution in [2.75, 3.05) is 5.32 Å². The van der Waals surface area contributed by atoms with Gasteiger partial charge < -0.3 is 20.5 Å². The van der Waals surface area contributed by atoms with Crippen LogP contribution in [0.1, 0.15) is 20.7 Å². The number of aromatic amines is 1. The molecule has 20 heavy (non-hydrogen) atoms. The van der Waals surface area contributed by atoms with Crippen molar-refractivity contribution in [2.45, 2.75) is 0 Å². The average molecular weight is 274 g/mol. The maximum atomic E-state index is 11.9. The van der Waals surface area contributed by atoms with Crippen LogP contribution in [0.3, 0.4) is 0 Å². The van der Waals surface area contributed by atoms with Crippen LogP contribution in [-0.4, -0.2) is 27.1 Å². The van der Waals surface area contributed by atoms with Gasteiger partial charge in [0.1, 0.15) is 5.75 Å². The first-order chi connectivity index (χ1) is 9.47. The molecular formula is C13H10N2O5. The zero-order chi connectivity index (χ0) is 14.7. The average Bonchev–Trinajstić information content (AvgIpc) is 2.41. The standard InChI is InChI=1S/C13H10N2O5/c16-8-2-3-10(9(5-8)13(19)20)15-12(18)7-1-4-11(17)14-6-7/h1-6,16H,(H,14,17)(H,15,18)(H,19,20). The van der Waals surface area contributed by atoms with Gasteiger partial charge >= 0.3 is 5.97 Å². The number of anilines is 1. The van der Waals surface area contributed by atoms with E-state index >= 15 is 0 Å². The first-order valence-electron chi connectivity index (χ1n) is 5.54. The number of rotatable bonds is 3. The lowest BCUT2D eigenvalue weighted by molar-refractivity contribution is 0.0697. The van der Waals surface area contributed by atoms with Crippen molar-refractivity contribution in [3.63, 3.8) is 0 Å². The number of carboxylic acids is 1. The van der Waals surface area contributed by atoms with E-state index in [0.29, 0.717) is 0 Å². The molecule has 7 heteroatoms. The number of nitrogens with one attached hydrogen (secondary N) is 2. The second-order valence-electron chi connectivity index (χ2n) is 3.93. The topological polar surface area (TPSA) is 119 Å². The molecule has 0 aliphatic carbocycles. The Hall–Kier alpha value is -3.09. The van der Waals surface area contributed by atoms with E-state index in [0.717, 1.165) is 6.07 Å². The molecule has 0 radical (unpaired) electrons. The highest BCUT2D eigenvalue weighted by Gasteiger charge is 2.14. The molecule has 0 bridgehead atoms. The highest BCUT2D eigenvalue weighted by Crippen LogP contribution is 2.21. The van der Waals surface area contributed by atoms with Gasteiger partial charge in [0.25, 0.3) is 5.91 Å². The number of carbonyl (C=O) groups is 2. The summed E-state index contributed by atoms with van der Waals surface area (Å²) < 4.78 is 0. The van der Waals surface area contributed by atoms with Crippen LogP contribution in [0.15, 0.2) is 41.3 Å². The third kappa shape index (κ3) is 2.83. The van der Waals surface area contributed by atoms with E-state index in [1.807, 2.05) is 0 Å². The number of amides is 1. The van der Waals surface area contributed by atoms with Gasteiger partial charge in [-0.25, -0.2) is 4.79 Å². The van der Waals surface area contributed by atoms with Gasteiger partial charge in [0.05, 0.1) is 16.8 Å². The summed E-state index contributed by atoms with van der Waals surface area (Å²) >= 11 is 0. The van der Waals surface area contributed by atoms with Crippen molar-refractivity contribution in [1.82, 2.24) is 4.98 Å². The summed E-state index contributed by atoms with van der Waals surface area (Å²) in [6.07, 6.45) is 1.22. The summed E-state index contributed by atoms with van der Waals surface area (Å²) in [6, 6.07) is 6.07. The van der Waals surface area contributed by atoms with E-state index < -0.39 is 11.9 Å². The highest BCUT2D eigenvalue weighted by molar-refractivity contribution is 6.07. The van der Waals surface area contributed by atoms with Gasteiger partial charge in [0.15, 0.2) is 0 Å². The maximum Gasteiger partial charge on any atom is 0.337 e. The first-order valence-corrected chi connectivity index (χ1v) is 5.54. The number of carboxylic acid groups (broad SMARTS) is 1. The minimum Gasteiger partial charge on any atom is -0.508 e. The molecule has 0 unspecified atom stereocenters. The Balaban J connectivity index is 2.30. The van der Waals surface area contributed by atoms with Gasteiger partial charge in [0, 0.05) is 12.3 Å². The molecule has 0 saturated heterocycles. The molecule has 0 atom stereocenters. The molecule has 0 aliphatic rings. The molecule has 1 aromatic carbocycles. The number of carbonyl (C=O) groups excluding carboxylic acids is 1. The van der Waals surface area contributed by atoms with E-state index in [1.54, 1.807) is 0 Å². The predicted octanol–water partition coefficient (Wildman–Crippen LogP) is 1.03. The number of aromatic nitrogens is 1. The van der Waals surface area contributed by atoms with Gasteiger partial charge in [0.2, 0.25) is 5.56 Å². The summed E-state index contributed by atoms with van der Waals surface area (Å²) in [5.74, 6) is -2.07. The molecule has 1 aromatic heterocycles. The zero-order valence-corrected chi connectivity index (χ0v) is 10.1. The Morgan fingerprint density at radius 2 is 1.90 bits per heavy atom. The van der Waals surface area contributed by atoms with Crippen molar-refractivity contribution in [3.8, 4) is 5.75 Å². The van der Waals surface area contributed by atoms with E-state index in [4.69, 9.17) is 5.11 Å². The Labute approximate surface area is 112 Å². The molecular weight excluding hydrogens is 264 g/mol. The van der Waals surface area contributed by atoms with Gasteiger partial charge in [-0.15, -0.1) is 0 Å². The van der Waals surface area contributed by atoms with Crippen LogP contribution < -0.4 is 10.9 Å². The van der Waals surface area contributed by atoms with Crippen LogP contribution in [0, 0.1) is 0 Å². The monoisotopic (exact) mass is 274 g/mol. The predicted molar refractivity (Wildman–Crippen MR) is 70.1 cm³/mol. The molecule has 0 fully saturated rings. The van der Waals surface area contributed by atoms with Gasteiger partial charge in [-0.3, -0.25) is 9.59 Å². The minimum atomic E-state index is -1.28. The fourth-order valence-corrected chi connectivity index (χ4v) is 1.56. The summed E-state index contributed by atoms with van der Waals surface area (Å²) in [7, 11) is 0. The largest absolute Gasteiger partial charge is 0.508 e.